The minimum Gasteiger partial charge on any atom is -0.476 e. The second kappa shape index (κ2) is 8.38. The van der Waals surface area contributed by atoms with Gasteiger partial charge in [0, 0.05) is 31.8 Å². The molecule has 0 saturated heterocycles. The number of hydrogen-bond acceptors (Lipinski definition) is 7. The SMILES string of the molecule is Cc1cc([C@@H](C)Nc2ccc(Cl)nc2C(=O)O)c2nc(N3Cc4cnn(C)c4C3)n(C)c(=O)c2c1. The zero-order chi connectivity index (χ0) is 25.0. The molecule has 0 aliphatic carbocycles. The molecule has 11 heteroatoms. The number of fused-ring (bicyclic) bond motifs is 2. The summed E-state index contributed by atoms with van der Waals surface area (Å²) in [6.45, 7) is 5.03. The van der Waals surface area contributed by atoms with E-state index in [1.807, 2.05) is 43.9 Å². The molecule has 0 bridgehead atoms. The fraction of sp³-hybridized carbons (Fsp3) is 0.292. The Hall–Kier alpha value is -3.92. The van der Waals surface area contributed by atoms with Crippen LogP contribution in [-0.2, 0) is 27.2 Å². The number of carbonyl (C=O) groups is 1. The molecule has 1 aliphatic heterocycles. The van der Waals surface area contributed by atoms with Gasteiger partial charge in [0.1, 0.15) is 5.15 Å². The maximum Gasteiger partial charge on any atom is 0.356 e. The maximum atomic E-state index is 13.4. The van der Waals surface area contributed by atoms with Gasteiger partial charge in [-0.3, -0.25) is 14.0 Å². The first-order valence-electron chi connectivity index (χ1n) is 11.1. The quantitative estimate of drug-likeness (QED) is 0.406. The highest BCUT2D eigenvalue weighted by Crippen LogP contribution is 2.31. The van der Waals surface area contributed by atoms with Gasteiger partial charge in [0.25, 0.3) is 5.56 Å². The molecule has 4 heterocycles. The highest BCUT2D eigenvalue weighted by atomic mass is 35.5. The fourth-order valence-corrected chi connectivity index (χ4v) is 4.76. The molecule has 0 fully saturated rings. The summed E-state index contributed by atoms with van der Waals surface area (Å²) in [7, 11) is 3.63. The molecule has 1 aromatic carbocycles. The predicted octanol–water partition coefficient (Wildman–Crippen LogP) is 3.42. The lowest BCUT2D eigenvalue weighted by Crippen LogP contribution is -2.29. The number of nitrogens with one attached hydrogen (secondary N) is 1. The fourth-order valence-electron chi connectivity index (χ4n) is 4.61. The number of pyridine rings is 1. The van der Waals surface area contributed by atoms with Crippen LogP contribution in [0.25, 0.3) is 10.9 Å². The highest BCUT2D eigenvalue weighted by molar-refractivity contribution is 6.29. The van der Waals surface area contributed by atoms with Crippen LogP contribution in [0.15, 0.2) is 35.3 Å². The number of aromatic nitrogens is 5. The van der Waals surface area contributed by atoms with E-state index < -0.39 is 5.97 Å². The molecule has 35 heavy (non-hydrogen) atoms. The zero-order valence-electron chi connectivity index (χ0n) is 19.7. The smallest absolute Gasteiger partial charge is 0.356 e. The Labute approximate surface area is 205 Å². The number of hydrogen-bond donors (Lipinski definition) is 2. The van der Waals surface area contributed by atoms with E-state index in [2.05, 4.69) is 20.3 Å². The molecule has 0 radical (unpaired) electrons. The molecule has 0 spiro atoms. The first-order valence-corrected chi connectivity index (χ1v) is 11.4. The van der Waals surface area contributed by atoms with Crippen LogP contribution in [0.2, 0.25) is 5.15 Å². The van der Waals surface area contributed by atoms with Crippen LogP contribution >= 0.6 is 11.6 Å². The Morgan fingerprint density at radius 3 is 2.69 bits per heavy atom. The maximum absolute atomic E-state index is 13.4. The normalized spacial score (nSPS) is 13.8. The third-order valence-electron chi connectivity index (χ3n) is 6.37. The Bertz CT molecular complexity index is 1560. The Morgan fingerprint density at radius 2 is 1.97 bits per heavy atom. The lowest BCUT2D eigenvalue weighted by molar-refractivity contribution is 0.0691. The van der Waals surface area contributed by atoms with E-state index in [-0.39, 0.29) is 22.4 Å². The summed E-state index contributed by atoms with van der Waals surface area (Å²) in [4.78, 5) is 36.0. The van der Waals surface area contributed by atoms with E-state index in [0.29, 0.717) is 35.6 Å². The zero-order valence-corrected chi connectivity index (χ0v) is 20.5. The van der Waals surface area contributed by atoms with Gasteiger partial charge in [-0.1, -0.05) is 17.7 Å². The van der Waals surface area contributed by atoms with Crippen LogP contribution in [0.5, 0.6) is 0 Å². The van der Waals surface area contributed by atoms with Crippen molar-refractivity contribution in [2.45, 2.75) is 33.0 Å². The van der Waals surface area contributed by atoms with Crippen LogP contribution < -0.4 is 15.8 Å². The van der Waals surface area contributed by atoms with Crippen LogP contribution in [0.3, 0.4) is 0 Å². The van der Waals surface area contributed by atoms with Gasteiger partial charge in [-0.25, -0.2) is 14.8 Å². The van der Waals surface area contributed by atoms with Gasteiger partial charge < -0.3 is 15.3 Å². The molecule has 180 valence electrons. The van der Waals surface area contributed by atoms with Crippen molar-refractivity contribution in [3.05, 3.63) is 74.0 Å². The summed E-state index contributed by atoms with van der Waals surface area (Å²) in [5, 5.41) is 17.7. The van der Waals surface area contributed by atoms with Crippen molar-refractivity contribution in [1.82, 2.24) is 24.3 Å². The Kier molecular flexibility index (Phi) is 5.47. The predicted molar refractivity (Wildman–Crippen MR) is 133 cm³/mol. The lowest BCUT2D eigenvalue weighted by atomic mass is 10.0. The number of aromatic carboxylic acids is 1. The summed E-state index contributed by atoms with van der Waals surface area (Å²) >= 11 is 5.90. The number of rotatable bonds is 5. The average Bonchev–Trinajstić information content (AvgIpc) is 3.39. The molecule has 4 aromatic rings. The third kappa shape index (κ3) is 3.89. The highest BCUT2D eigenvalue weighted by Gasteiger charge is 2.27. The van der Waals surface area contributed by atoms with Crippen molar-refractivity contribution in [3.63, 3.8) is 0 Å². The number of halogens is 1. The minimum absolute atomic E-state index is 0.0956. The third-order valence-corrected chi connectivity index (χ3v) is 6.58. The largest absolute Gasteiger partial charge is 0.476 e. The summed E-state index contributed by atoms with van der Waals surface area (Å²) in [5.41, 5.74) is 4.47. The van der Waals surface area contributed by atoms with Gasteiger partial charge in [-0.2, -0.15) is 5.10 Å². The molecule has 0 unspecified atom stereocenters. The van der Waals surface area contributed by atoms with E-state index >= 15 is 0 Å². The topological polar surface area (TPSA) is 118 Å². The van der Waals surface area contributed by atoms with Crippen molar-refractivity contribution in [1.29, 1.82) is 0 Å². The first-order chi connectivity index (χ1) is 16.6. The second-order valence-corrected chi connectivity index (χ2v) is 9.21. The monoisotopic (exact) mass is 493 g/mol. The van der Waals surface area contributed by atoms with Crippen molar-refractivity contribution < 1.29 is 9.90 Å². The molecular weight excluding hydrogens is 470 g/mol. The van der Waals surface area contributed by atoms with Crippen molar-refractivity contribution >= 4 is 40.1 Å². The number of aryl methyl sites for hydroxylation is 2. The summed E-state index contributed by atoms with van der Waals surface area (Å²) in [5.74, 6) is -0.621. The van der Waals surface area contributed by atoms with Crippen LogP contribution in [0, 0.1) is 6.92 Å². The van der Waals surface area contributed by atoms with Gasteiger partial charge >= 0.3 is 5.97 Å². The molecule has 1 atom stereocenters. The van der Waals surface area contributed by atoms with Gasteiger partial charge in [0.05, 0.1) is 41.1 Å². The molecule has 0 saturated carbocycles. The number of benzene rings is 1. The van der Waals surface area contributed by atoms with Gasteiger partial charge in [-0.15, -0.1) is 0 Å². The second-order valence-electron chi connectivity index (χ2n) is 8.82. The Balaban J connectivity index is 1.60. The minimum atomic E-state index is -1.19. The molecular formula is C24H24ClN7O3. The molecule has 3 aromatic heterocycles. The standard InChI is InChI=1S/C24H24ClN7O3/c1-12-7-15(13(2)27-17-5-6-19(25)28-21(17)23(34)35)20-16(8-12)22(33)30(3)24(29-20)32-10-14-9-26-31(4)18(14)11-32/h5-9,13,27H,10-11H2,1-4H3,(H,34,35)/t13-/m1/s1. The Morgan fingerprint density at radius 1 is 1.20 bits per heavy atom. The van der Waals surface area contributed by atoms with Gasteiger partial charge in [0.15, 0.2) is 5.69 Å². The van der Waals surface area contributed by atoms with Crippen LogP contribution in [0.1, 0.15) is 45.8 Å². The van der Waals surface area contributed by atoms with E-state index in [9.17, 15) is 14.7 Å². The lowest BCUT2D eigenvalue weighted by Gasteiger charge is -2.23. The number of carboxylic acid groups (broad SMARTS) is 1. The van der Waals surface area contributed by atoms with Crippen molar-refractivity contribution in [3.8, 4) is 0 Å². The van der Waals surface area contributed by atoms with Crippen LogP contribution in [0.4, 0.5) is 11.6 Å². The first kappa shape index (κ1) is 22.9. The van der Waals surface area contributed by atoms with Crippen molar-refractivity contribution in [2.75, 3.05) is 10.2 Å². The van der Waals surface area contributed by atoms with Gasteiger partial charge in [0.2, 0.25) is 5.95 Å². The van der Waals surface area contributed by atoms with Crippen LogP contribution in [-0.4, -0.2) is 35.4 Å². The van der Waals surface area contributed by atoms with Gasteiger partial charge in [-0.05, 0) is 37.6 Å². The molecule has 10 nitrogen and oxygen atoms in total. The molecule has 1 aliphatic rings. The summed E-state index contributed by atoms with van der Waals surface area (Å²) < 4.78 is 3.42. The van der Waals surface area contributed by atoms with E-state index in [0.717, 1.165) is 22.4 Å². The average molecular weight is 494 g/mol. The number of nitrogens with zero attached hydrogens (tertiary/aromatic N) is 6. The number of carboxylic acids is 1. The summed E-state index contributed by atoms with van der Waals surface area (Å²) in [6, 6.07) is 6.54. The molecule has 5 rings (SSSR count). The van der Waals surface area contributed by atoms with Crippen molar-refractivity contribution in [2.24, 2.45) is 14.1 Å². The van der Waals surface area contributed by atoms with E-state index in [4.69, 9.17) is 16.6 Å². The summed E-state index contributed by atoms with van der Waals surface area (Å²) in [6.07, 6.45) is 1.84. The number of anilines is 2. The van der Waals surface area contributed by atoms with E-state index in [1.54, 1.807) is 17.7 Å². The molecule has 0 amide bonds. The van der Waals surface area contributed by atoms with E-state index in [1.165, 1.54) is 6.07 Å². The molecule has 2 N–H and O–H groups in total.